The van der Waals surface area contributed by atoms with Crippen molar-refractivity contribution in [1.82, 2.24) is 4.90 Å². The van der Waals surface area contributed by atoms with Gasteiger partial charge in [0.1, 0.15) is 11.4 Å². The summed E-state index contributed by atoms with van der Waals surface area (Å²) in [5.41, 5.74) is 1.45. The largest absolute Gasteiger partial charge is 0.487 e. The molecule has 1 fully saturated rings. The lowest BCUT2D eigenvalue weighted by Gasteiger charge is -2.48. The van der Waals surface area contributed by atoms with Crippen molar-refractivity contribution in [3.8, 4) is 5.75 Å². The van der Waals surface area contributed by atoms with Gasteiger partial charge in [-0.05, 0) is 51.4 Å². The minimum absolute atomic E-state index is 0. The van der Waals surface area contributed by atoms with Crippen LogP contribution in [0.15, 0.2) is 24.3 Å². The Kier molecular flexibility index (Phi) is 3.61. The van der Waals surface area contributed by atoms with Crippen molar-refractivity contribution in [3.05, 3.63) is 29.8 Å². The fraction of sp³-hybridized carbons (Fsp3) is 0.600. The second-order valence-electron chi connectivity index (χ2n) is 6.05. The number of hydrogen-bond donors (Lipinski definition) is 0. The van der Waals surface area contributed by atoms with E-state index in [9.17, 15) is 0 Å². The van der Waals surface area contributed by atoms with Gasteiger partial charge in [0, 0.05) is 12.5 Å². The minimum Gasteiger partial charge on any atom is -0.487 e. The van der Waals surface area contributed by atoms with E-state index in [0.717, 1.165) is 12.2 Å². The average molecular weight is 268 g/mol. The van der Waals surface area contributed by atoms with Gasteiger partial charge < -0.3 is 9.64 Å². The summed E-state index contributed by atoms with van der Waals surface area (Å²) in [6, 6.07) is 9.21. The van der Waals surface area contributed by atoms with E-state index < -0.39 is 0 Å². The highest BCUT2D eigenvalue weighted by Crippen LogP contribution is 2.49. The van der Waals surface area contributed by atoms with Crippen LogP contribution in [0.3, 0.4) is 0 Å². The number of para-hydroxylation sites is 1. The Hall–Kier alpha value is -0.730. The van der Waals surface area contributed by atoms with Gasteiger partial charge in [-0.25, -0.2) is 0 Å². The average Bonchev–Trinajstić information content (AvgIpc) is 2.27. The van der Waals surface area contributed by atoms with E-state index >= 15 is 0 Å². The lowest BCUT2D eigenvalue weighted by atomic mass is 9.71. The van der Waals surface area contributed by atoms with Crippen LogP contribution in [0, 0.1) is 0 Å². The third kappa shape index (κ3) is 2.24. The van der Waals surface area contributed by atoms with Gasteiger partial charge in [0.25, 0.3) is 0 Å². The zero-order chi connectivity index (χ0) is 12.0. The van der Waals surface area contributed by atoms with Crippen LogP contribution in [-0.4, -0.2) is 30.6 Å². The molecular weight excluding hydrogens is 246 g/mol. The summed E-state index contributed by atoms with van der Waals surface area (Å²) in [4.78, 5) is 2.35. The van der Waals surface area contributed by atoms with E-state index in [1.54, 1.807) is 0 Å². The first-order valence-corrected chi connectivity index (χ1v) is 6.52. The molecule has 1 aromatic rings. The second-order valence-corrected chi connectivity index (χ2v) is 6.05. The van der Waals surface area contributed by atoms with Crippen molar-refractivity contribution >= 4 is 12.4 Å². The number of benzene rings is 1. The number of fused-ring (bicyclic) bond motifs is 4. The van der Waals surface area contributed by atoms with Crippen molar-refractivity contribution in [2.24, 2.45) is 0 Å². The lowest BCUT2D eigenvalue weighted by molar-refractivity contribution is -0.0107. The predicted octanol–water partition coefficient (Wildman–Crippen LogP) is 3.46. The molecule has 1 aliphatic heterocycles. The summed E-state index contributed by atoms with van der Waals surface area (Å²) in [6.45, 7) is 2.27. The molecule has 3 atom stereocenters. The zero-order valence-corrected chi connectivity index (χ0v) is 12.2. The van der Waals surface area contributed by atoms with E-state index in [4.69, 9.17) is 4.74 Å². The van der Waals surface area contributed by atoms with Crippen LogP contribution in [-0.2, 0) is 0 Å². The van der Waals surface area contributed by atoms with Crippen molar-refractivity contribution in [1.29, 1.82) is 0 Å². The Bertz CT molecular complexity index is 434. The molecule has 0 radical (unpaired) electrons. The Morgan fingerprint density at radius 2 is 1.94 bits per heavy atom. The van der Waals surface area contributed by atoms with Crippen molar-refractivity contribution < 1.29 is 4.74 Å². The summed E-state index contributed by atoms with van der Waals surface area (Å²) < 4.78 is 6.24. The second kappa shape index (κ2) is 4.75. The van der Waals surface area contributed by atoms with Crippen LogP contribution < -0.4 is 4.74 Å². The van der Waals surface area contributed by atoms with Crippen molar-refractivity contribution in [2.45, 2.75) is 43.7 Å². The Balaban J connectivity index is 0.00000120. The lowest BCUT2D eigenvalue weighted by Crippen LogP contribution is -2.49. The molecule has 1 heterocycles. The fourth-order valence-corrected chi connectivity index (χ4v) is 3.49. The first-order valence-electron chi connectivity index (χ1n) is 6.52. The monoisotopic (exact) mass is 267 g/mol. The summed E-state index contributed by atoms with van der Waals surface area (Å²) in [5, 5.41) is 0. The first-order chi connectivity index (χ1) is 8.07. The fourth-order valence-electron chi connectivity index (χ4n) is 3.49. The quantitative estimate of drug-likeness (QED) is 0.773. The molecule has 0 saturated heterocycles. The standard InChI is InChI=1S/C15H21NO.ClH/c1-15-9-11(8-12(10-15)16(2)3)13-6-4-5-7-14(13)17-15;/h4-7,11-12H,8-10H2,1-3H3;1H. The normalized spacial score (nSPS) is 33.3. The highest BCUT2D eigenvalue weighted by atomic mass is 35.5. The van der Waals surface area contributed by atoms with Gasteiger partial charge in [0.2, 0.25) is 0 Å². The van der Waals surface area contributed by atoms with Gasteiger partial charge >= 0.3 is 0 Å². The Labute approximate surface area is 116 Å². The van der Waals surface area contributed by atoms with E-state index in [0.29, 0.717) is 12.0 Å². The summed E-state index contributed by atoms with van der Waals surface area (Å²) in [7, 11) is 4.36. The van der Waals surface area contributed by atoms with Gasteiger partial charge in [-0.2, -0.15) is 0 Å². The smallest absolute Gasteiger partial charge is 0.123 e. The topological polar surface area (TPSA) is 12.5 Å². The molecular formula is C15H22ClNO. The SMILES string of the molecule is CN(C)C1CC2CC(C)(C1)Oc1ccccc12.Cl. The highest BCUT2D eigenvalue weighted by molar-refractivity contribution is 5.85. The number of rotatable bonds is 1. The maximum absolute atomic E-state index is 6.24. The van der Waals surface area contributed by atoms with E-state index in [2.05, 4.69) is 50.2 Å². The van der Waals surface area contributed by atoms with Crippen LogP contribution >= 0.6 is 12.4 Å². The third-order valence-corrected chi connectivity index (χ3v) is 4.35. The summed E-state index contributed by atoms with van der Waals surface area (Å²) >= 11 is 0. The van der Waals surface area contributed by atoms with Crippen LogP contribution in [0.25, 0.3) is 0 Å². The molecule has 0 amide bonds. The number of halogens is 1. The van der Waals surface area contributed by atoms with E-state index in [-0.39, 0.29) is 18.0 Å². The molecule has 2 bridgehead atoms. The van der Waals surface area contributed by atoms with Gasteiger partial charge in [0.05, 0.1) is 0 Å². The molecule has 18 heavy (non-hydrogen) atoms. The highest BCUT2D eigenvalue weighted by Gasteiger charge is 2.44. The predicted molar refractivity (Wildman–Crippen MR) is 76.8 cm³/mol. The Morgan fingerprint density at radius 1 is 1.22 bits per heavy atom. The number of ether oxygens (including phenoxy) is 1. The molecule has 1 aromatic carbocycles. The summed E-state index contributed by atoms with van der Waals surface area (Å²) in [5.74, 6) is 1.79. The molecule has 0 N–H and O–H groups in total. The maximum Gasteiger partial charge on any atom is 0.123 e. The minimum atomic E-state index is 0. The molecule has 0 spiro atoms. The van der Waals surface area contributed by atoms with Gasteiger partial charge in [-0.1, -0.05) is 18.2 Å². The van der Waals surface area contributed by atoms with E-state index in [1.165, 1.54) is 18.4 Å². The van der Waals surface area contributed by atoms with Crippen LogP contribution in [0.2, 0.25) is 0 Å². The molecule has 0 aromatic heterocycles. The molecule has 3 heteroatoms. The molecule has 100 valence electrons. The number of hydrogen-bond acceptors (Lipinski definition) is 2. The molecule has 1 aliphatic carbocycles. The van der Waals surface area contributed by atoms with Gasteiger partial charge in [0.15, 0.2) is 0 Å². The molecule has 1 saturated carbocycles. The first kappa shape index (κ1) is 13.7. The molecule has 2 nitrogen and oxygen atoms in total. The maximum atomic E-state index is 6.24. The van der Waals surface area contributed by atoms with Crippen LogP contribution in [0.4, 0.5) is 0 Å². The third-order valence-electron chi connectivity index (χ3n) is 4.35. The number of nitrogens with zero attached hydrogens (tertiary/aromatic N) is 1. The summed E-state index contributed by atoms with van der Waals surface area (Å²) in [6.07, 6.45) is 3.59. The van der Waals surface area contributed by atoms with Gasteiger partial charge in [-0.15, -0.1) is 12.4 Å². The molecule has 2 aliphatic rings. The molecule has 3 rings (SSSR count). The van der Waals surface area contributed by atoms with Crippen molar-refractivity contribution in [2.75, 3.05) is 14.1 Å². The van der Waals surface area contributed by atoms with Crippen LogP contribution in [0.5, 0.6) is 5.75 Å². The van der Waals surface area contributed by atoms with Gasteiger partial charge in [-0.3, -0.25) is 0 Å². The van der Waals surface area contributed by atoms with Crippen molar-refractivity contribution in [3.63, 3.8) is 0 Å². The van der Waals surface area contributed by atoms with E-state index in [1.807, 2.05) is 0 Å². The zero-order valence-electron chi connectivity index (χ0n) is 11.3. The Morgan fingerprint density at radius 3 is 2.67 bits per heavy atom. The molecule has 3 unspecified atom stereocenters. The van der Waals surface area contributed by atoms with Crippen LogP contribution in [0.1, 0.15) is 37.7 Å².